The van der Waals surface area contributed by atoms with Crippen molar-refractivity contribution in [2.24, 2.45) is 0 Å². The van der Waals surface area contributed by atoms with Gasteiger partial charge in [0.2, 0.25) is 0 Å². The number of aliphatic hydroxyl groups is 1. The molecule has 0 aliphatic carbocycles. The summed E-state index contributed by atoms with van der Waals surface area (Å²) in [6.45, 7) is 6.87. The van der Waals surface area contributed by atoms with E-state index in [9.17, 15) is 27.9 Å². The normalized spacial score (nSPS) is 15.8. The molecule has 0 radical (unpaired) electrons. The molecule has 3 heterocycles. The Hall–Kier alpha value is -4.07. The number of carbonyl (C=O) groups is 2. The van der Waals surface area contributed by atoms with Crippen LogP contribution in [0, 0.1) is 0 Å². The number of carbonyl (C=O) groups excluding carboxylic acids is 2. The maximum atomic E-state index is 13.4. The number of hydrogen-bond acceptors (Lipinski definition) is 8. The zero-order chi connectivity index (χ0) is 33.5. The molecule has 1 aromatic carbocycles. The number of ether oxygens (including phenoxy) is 1. The van der Waals surface area contributed by atoms with Crippen molar-refractivity contribution in [3.8, 4) is 0 Å². The van der Waals surface area contributed by atoms with E-state index in [2.05, 4.69) is 20.5 Å². The number of piperidine rings is 1. The van der Waals surface area contributed by atoms with Crippen molar-refractivity contribution in [2.75, 3.05) is 19.6 Å². The summed E-state index contributed by atoms with van der Waals surface area (Å²) < 4.78 is 45.2. The number of tetrazole rings is 1. The van der Waals surface area contributed by atoms with Gasteiger partial charge in [0, 0.05) is 31.2 Å². The second kappa shape index (κ2) is 15.0. The minimum atomic E-state index is -4.44. The van der Waals surface area contributed by atoms with E-state index in [0.29, 0.717) is 44.3 Å². The number of rotatable bonds is 11. The van der Waals surface area contributed by atoms with Crippen LogP contribution in [0.3, 0.4) is 0 Å². The first-order chi connectivity index (χ1) is 21.7. The topological polar surface area (TPSA) is 127 Å². The number of alkyl halides is 3. The van der Waals surface area contributed by atoms with Crippen LogP contribution in [0.2, 0.25) is 0 Å². The molecule has 250 valence electrons. The first kappa shape index (κ1) is 34.8. The summed E-state index contributed by atoms with van der Waals surface area (Å²) >= 11 is 0. The van der Waals surface area contributed by atoms with Crippen LogP contribution in [-0.2, 0) is 17.7 Å². The Bertz CT molecular complexity index is 1420. The molecule has 2 atom stereocenters. The largest absolute Gasteiger partial charge is 0.444 e. The molecular weight excluding hydrogens is 603 g/mol. The molecular formula is C32H42F3N7O4. The number of halogens is 3. The number of hydrogen-bond donors (Lipinski definition) is 1. The van der Waals surface area contributed by atoms with Gasteiger partial charge in [0.15, 0.2) is 5.82 Å². The first-order valence-electron chi connectivity index (χ1n) is 15.5. The molecule has 11 nitrogen and oxygen atoms in total. The van der Waals surface area contributed by atoms with E-state index >= 15 is 0 Å². The van der Waals surface area contributed by atoms with Gasteiger partial charge in [0.25, 0.3) is 5.91 Å². The summed E-state index contributed by atoms with van der Waals surface area (Å²) in [6, 6.07) is 12.3. The molecule has 0 bridgehead atoms. The number of aliphatic hydroxyl groups excluding tert-OH is 1. The molecule has 1 saturated heterocycles. The standard InChI is InChI=1S/C32H42F3N7O4/c1-5-9-25(41(30(45)46-31(2,3)4)20-27(43)23-10-7-6-8-11-23)18-22-12-13-26(36-19-22)29(44)40-16-14-24(15-17-40)28-37-38-39-42(28)21-32(33,34)35/h6-8,10-13,19,24-25,27,43H,5,9,14-18,20-21H2,1-4H3/t25-,27-/m0/s1. The van der Waals surface area contributed by atoms with Crippen LogP contribution in [0.25, 0.3) is 0 Å². The van der Waals surface area contributed by atoms with E-state index in [1.807, 2.05) is 43.3 Å². The SMILES string of the molecule is CCC[C@@H](Cc1ccc(C(=O)N2CCC(c3nnnn3CC(F)(F)F)CC2)nc1)N(C[C@H](O)c1ccccc1)C(=O)OC(C)(C)C. The summed E-state index contributed by atoms with van der Waals surface area (Å²) in [5.74, 6) is -0.392. The highest BCUT2D eigenvalue weighted by Gasteiger charge is 2.34. The third kappa shape index (κ3) is 9.71. The van der Waals surface area contributed by atoms with Crippen LogP contribution in [0.15, 0.2) is 48.7 Å². The molecule has 14 heteroatoms. The lowest BCUT2D eigenvalue weighted by molar-refractivity contribution is -0.143. The van der Waals surface area contributed by atoms with Crippen LogP contribution in [-0.4, -0.2) is 89.6 Å². The summed E-state index contributed by atoms with van der Waals surface area (Å²) in [5.41, 5.74) is 1.03. The maximum Gasteiger partial charge on any atom is 0.410 e. The van der Waals surface area contributed by atoms with Gasteiger partial charge < -0.3 is 19.6 Å². The summed E-state index contributed by atoms with van der Waals surface area (Å²) in [6.07, 6.45) is -1.51. The maximum absolute atomic E-state index is 13.4. The number of nitrogens with zero attached hydrogens (tertiary/aromatic N) is 7. The Morgan fingerprint density at radius 3 is 2.37 bits per heavy atom. The highest BCUT2D eigenvalue weighted by atomic mass is 19.4. The molecule has 1 N–H and O–H groups in total. The summed E-state index contributed by atoms with van der Waals surface area (Å²) in [5, 5.41) is 21.7. The number of amides is 2. The van der Waals surface area contributed by atoms with Gasteiger partial charge in [0.1, 0.15) is 17.8 Å². The van der Waals surface area contributed by atoms with Crippen molar-refractivity contribution in [3.63, 3.8) is 0 Å². The van der Waals surface area contributed by atoms with E-state index in [-0.39, 0.29) is 35.9 Å². The van der Waals surface area contributed by atoms with E-state index in [0.717, 1.165) is 16.7 Å². The van der Waals surface area contributed by atoms with Crippen molar-refractivity contribution in [1.82, 2.24) is 35.0 Å². The molecule has 0 saturated carbocycles. The van der Waals surface area contributed by atoms with Gasteiger partial charge in [0.05, 0.1) is 12.6 Å². The third-order valence-electron chi connectivity index (χ3n) is 7.80. The molecule has 2 aromatic heterocycles. The van der Waals surface area contributed by atoms with Gasteiger partial charge in [-0.25, -0.2) is 9.48 Å². The summed E-state index contributed by atoms with van der Waals surface area (Å²) in [4.78, 5) is 34.3. The second-order valence-electron chi connectivity index (χ2n) is 12.6. The average Bonchev–Trinajstić information content (AvgIpc) is 3.45. The number of benzene rings is 1. The molecule has 0 unspecified atom stereocenters. The van der Waals surface area contributed by atoms with Gasteiger partial charge in [-0.15, -0.1) is 5.10 Å². The summed E-state index contributed by atoms with van der Waals surface area (Å²) in [7, 11) is 0. The lowest BCUT2D eigenvalue weighted by atomic mass is 9.95. The predicted molar refractivity (Wildman–Crippen MR) is 163 cm³/mol. The molecule has 1 aliphatic rings. The van der Waals surface area contributed by atoms with Crippen molar-refractivity contribution in [3.05, 3.63) is 71.3 Å². The Morgan fingerprint density at radius 2 is 1.78 bits per heavy atom. The van der Waals surface area contributed by atoms with E-state index in [1.54, 1.807) is 42.8 Å². The van der Waals surface area contributed by atoms with Crippen molar-refractivity contribution < 1.29 is 32.6 Å². The average molecular weight is 646 g/mol. The van der Waals surface area contributed by atoms with Crippen LogP contribution >= 0.6 is 0 Å². The van der Waals surface area contributed by atoms with Crippen LogP contribution in [0.1, 0.15) is 92.8 Å². The van der Waals surface area contributed by atoms with Crippen LogP contribution < -0.4 is 0 Å². The molecule has 3 aromatic rings. The minimum absolute atomic E-state index is 0.0477. The quantitative estimate of drug-likeness (QED) is 0.297. The molecule has 2 amide bonds. The molecule has 1 aliphatic heterocycles. The Morgan fingerprint density at radius 1 is 1.09 bits per heavy atom. The third-order valence-corrected chi connectivity index (χ3v) is 7.80. The number of aromatic nitrogens is 5. The zero-order valence-electron chi connectivity index (χ0n) is 26.7. The lowest BCUT2D eigenvalue weighted by Gasteiger charge is -2.35. The van der Waals surface area contributed by atoms with Gasteiger partial charge in [-0.2, -0.15) is 13.2 Å². The van der Waals surface area contributed by atoms with Gasteiger partial charge in [-0.05, 0) is 74.1 Å². The monoisotopic (exact) mass is 645 g/mol. The van der Waals surface area contributed by atoms with Gasteiger partial charge in [-0.1, -0.05) is 49.7 Å². The van der Waals surface area contributed by atoms with Crippen molar-refractivity contribution in [1.29, 1.82) is 0 Å². The van der Waals surface area contributed by atoms with E-state index < -0.39 is 30.5 Å². The fourth-order valence-corrected chi connectivity index (χ4v) is 5.59. The van der Waals surface area contributed by atoms with Crippen molar-refractivity contribution in [2.45, 2.75) is 96.2 Å². The van der Waals surface area contributed by atoms with Gasteiger partial charge in [-0.3, -0.25) is 9.78 Å². The Labute approximate surface area is 266 Å². The smallest absolute Gasteiger partial charge is 0.410 e. The van der Waals surface area contributed by atoms with Crippen LogP contribution in [0.4, 0.5) is 18.0 Å². The number of pyridine rings is 1. The fourth-order valence-electron chi connectivity index (χ4n) is 5.59. The molecule has 4 rings (SSSR count). The van der Waals surface area contributed by atoms with Crippen molar-refractivity contribution >= 4 is 12.0 Å². The fraction of sp³-hybridized carbons (Fsp3) is 0.562. The highest BCUT2D eigenvalue weighted by Crippen LogP contribution is 2.29. The number of likely N-dealkylation sites (tertiary alicyclic amines) is 1. The van der Waals surface area contributed by atoms with Crippen LogP contribution in [0.5, 0.6) is 0 Å². The van der Waals surface area contributed by atoms with Gasteiger partial charge >= 0.3 is 12.3 Å². The zero-order valence-corrected chi connectivity index (χ0v) is 26.7. The van der Waals surface area contributed by atoms with E-state index in [4.69, 9.17) is 4.74 Å². The second-order valence-corrected chi connectivity index (χ2v) is 12.6. The molecule has 0 spiro atoms. The Balaban J connectivity index is 1.42. The predicted octanol–water partition coefficient (Wildman–Crippen LogP) is 5.33. The Kier molecular flexibility index (Phi) is 11.4. The highest BCUT2D eigenvalue weighted by molar-refractivity contribution is 5.92. The molecule has 1 fully saturated rings. The lowest BCUT2D eigenvalue weighted by Crippen LogP contribution is -2.46. The molecule has 46 heavy (non-hydrogen) atoms. The minimum Gasteiger partial charge on any atom is -0.444 e. The van der Waals surface area contributed by atoms with E-state index in [1.165, 1.54) is 0 Å². The first-order valence-corrected chi connectivity index (χ1v) is 15.5.